The molecule has 0 aliphatic heterocycles. The molecular weight excluding hydrogens is 511 g/mol. The largest absolute Gasteiger partial charge is 0.480 e. The Hall–Kier alpha value is -1.90. The fraction of sp³-hybridized carbons (Fsp3) is 0.160. The van der Waals surface area contributed by atoms with Gasteiger partial charge in [0.15, 0.2) is 0 Å². The number of nitrogens with one attached hydrogen (secondary N) is 1. The summed E-state index contributed by atoms with van der Waals surface area (Å²) >= 11 is 4.96. The quantitative estimate of drug-likeness (QED) is 0.368. The van der Waals surface area contributed by atoms with Crippen molar-refractivity contribution in [2.24, 2.45) is 0 Å². The third-order valence-corrected chi connectivity index (χ3v) is 5.86. The first-order valence-corrected chi connectivity index (χ1v) is 12.2. The fourth-order valence-electron chi connectivity index (χ4n) is 3.16. The van der Waals surface area contributed by atoms with Gasteiger partial charge < -0.3 is 10.4 Å². The van der Waals surface area contributed by atoms with E-state index in [0.29, 0.717) is 17.7 Å². The van der Waals surface area contributed by atoms with Gasteiger partial charge in [-0.15, -0.1) is 0 Å². The van der Waals surface area contributed by atoms with Gasteiger partial charge in [-0.3, -0.25) is 9.78 Å². The Morgan fingerprint density at radius 3 is 2.48 bits per heavy atom. The van der Waals surface area contributed by atoms with Gasteiger partial charge >= 0.3 is 5.97 Å². The van der Waals surface area contributed by atoms with Crippen LogP contribution in [0, 0.1) is 0 Å². The van der Waals surface area contributed by atoms with Crippen molar-refractivity contribution >= 4 is 81.3 Å². The number of rotatable bonds is 9. The van der Waals surface area contributed by atoms with Crippen LogP contribution in [0.4, 0.5) is 0 Å². The van der Waals surface area contributed by atoms with Crippen molar-refractivity contribution < 1.29 is 14.7 Å². The van der Waals surface area contributed by atoms with Gasteiger partial charge in [0.25, 0.3) is 5.91 Å². The number of thioether (sulfide) groups is 1. The third-order valence-electron chi connectivity index (χ3n) is 4.78. The number of halogens is 1. The number of hydrogen-bond acceptors (Lipinski definition) is 4. The number of carboxylic acids is 1. The van der Waals surface area contributed by atoms with Crippen LogP contribution in [0.25, 0.3) is 23.3 Å². The van der Waals surface area contributed by atoms with E-state index in [4.69, 9.17) is 0 Å². The predicted molar refractivity (Wildman–Crippen MR) is 140 cm³/mol. The van der Waals surface area contributed by atoms with E-state index in [1.54, 1.807) is 30.2 Å². The average molecular weight is 534 g/mol. The second-order valence-electron chi connectivity index (χ2n) is 7.09. The van der Waals surface area contributed by atoms with Crippen LogP contribution >= 0.6 is 27.7 Å². The average Bonchev–Trinajstić information content (AvgIpc) is 2.80. The minimum absolute atomic E-state index is 0. The topological polar surface area (TPSA) is 79.3 Å². The number of hydrogen-bond donors (Lipinski definition) is 2. The smallest absolute Gasteiger partial charge is 0.326 e. The van der Waals surface area contributed by atoms with Crippen LogP contribution in [0.3, 0.4) is 0 Å². The summed E-state index contributed by atoms with van der Waals surface area (Å²) in [6, 6.07) is 16.1. The molecule has 1 atom stereocenters. The third kappa shape index (κ3) is 8.12. The van der Waals surface area contributed by atoms with Crippen molar-refractivity contribution in [3.8, 4) is 11.1 Å². The Bertz CT molecular complexity index is 1130. The molecule has 1 heterocycles. The van der Waals surface area contributed by atoms with Crippen molar-refractivity contribution in [1.29, 1.82) is 0 Å². The van der Waals surface area contributed by atoms with Gasteiger partial charge in [0.05, 0.1) is 0 Å². The molecule has 165 valence electrons. The van der Waals surface area contributed by atoms with E-state index in [1.165, 1.54) is 0 Å². The van der Waals surface area contributed by atoms with E-state index in [9.17, 15) is 14.7 Å². The van der Waals surface area contributed by atoms with E-state index in [-0.39, 0.29) is 29.6 Å². The molecule has 0 unspecified atom stereocenters. The van der Waals surface area contributed by atoms with Crippen LogP contribution in [-0.2, 0) is 4.79 Å². The molecule has 1 radical (unpaired) electrons. The Morgan fingerprint density at radius 2 is 1.82 bits per heavy atom. The summed E-state index contributed by atoms with van der Waals surface area (Å²) in [6.45, 7) is 0. The maximum atomic E-state index is 13.0. The summed E-state index contributed by atoms with van der Waals surface area (Å²) in [5.41, 5.74) is 3.92. The monoisotopic (exact) mass is 533 g/mol. The molecule has 3 rings (SSSR count). The Kier molecular flexibility index (Phi) is 11.4. The molecule has 2 aromatic carbocycles. The standard InChI is InChI=1S/C25H23BrN2O3S.Na/c1-32-12-11-23(25(30)31)28-24(29)21-10-9-17(7-8-18-13-20(26)16-27-15-18)14-22(21)19-5-3-2-4-6-19;/h2-10,13-16,23H,11-12H2,1H3,(H,28,29)(H,30,31);/t23-;/m0./s1. The summed E-state index contributed by atoms with van der Waals surface area (Å²) < 4.78 is 0.895. The van der Waals surface area contributed by atoms with E-state index in [0.717, 1.165) is 26.7 Å². The van der Waals surface area contributed by atoms with Gasteiger partial charge in [0.2, 0.25) is 0 Å². The summed E-state index contributed by atoms with van der Waals surface area (Å²) in [6.07, 6.45) is 9.67. The number of benzene rings is 2. The zero-order valence-electron chi connectivity index (χ0n) is 18.5. The van der Waals surface area contributed by atoms with Gasteiger partial charge in [-0.25, -0.2) is 4.79 Å². The van der Waals surface area contributed by atoms with Crippen molar-refractivity contribution in [3.63, 3.8) is 0 Å². The molecule has 0 aliphatic rings. The van der Waals surface area contributed by atoms with Crippen LogP contribution in [0.2, 0.25) is 0 Å². The van der Waals surface area contributed by atoms with Crippen LogP contribution in [-0.4, -0.2) is 69.6 Å². The Balaban J connectivity index is 0.00000385. The van der Waals surface area contributed by atoms with E-state index in [2.05, 4.69) is 26.2 Å². The first-order valence-electron chi connectivity index (χ1n) is 9.98. The second kappa shape index (κ2) is 13.7. The van der Waals surface area contributed by atoms with Crippen molar-refractivity contribution in [3.05, 3.63) is 88.2 Å². The molecule has 3 aromatic rings. The zero-order chi connectivity index (χ0) is 22.9. The summed E-state index contributed by atoms with van der Waals surface area (Å²) in [7, 11) is 0. The number of carbonyl (C=O) groups excluding carboxylic acids is 1. The van der Waals surface area contributed by atoms with Crippen molar-refractivity contribution in [2.75, 3.05) is 12.0 Å². The number of carboxylic acid groups (broad SMARTS) is 1. The summed E-state index contributed by atoms with van der Waals surface area (Å²) in [5.74, 6) is -0.781. The minimum atomic E-state index is -1.03. The first-order chi connectivity index (χ1) is 15.5. The fourth-order valence-corrected chi connectivity index (χ4v) is 4.02. The molecule has 33 heavy (non-hydrogen) atoms. The van der Waals surface area contributed by atoms with Gasteiger partial charge in [-0.1, -0.05) is 48.6 Å². The molecule has 0 saturated carbocycles. The molecule has 0 aliphatic carbocycles. The van der Waals surface area contributed by atoms with Crippen molar-refractivity contribution in [1.82, 2.24) is 10.3 Å². The van der Waals surface area contributed by atoms with E-state index >= 15 is 0 Å². The number of carbonyl (C=O) groups is 2. The van der Waals surface area contributed by atoms with E-state index in [1.807, 2.05) is 66.9 Å². The minimum Gasteiger partial charge on any atom is -0.480 e. The first kappa shape index (κ1) is 27.3. The zero-order valence-corrected chi connectivity index (χ0v) is 22.9. The molecule has 0 bridgehead atoms. The van der Waals surface area contributed by atoms with Crippen LogP contribution < -0.4 is 5.32 Å². The molecule has 1 aromatic heterocycles. The maximum absolute atomic E-state index is 13.0. The van der Waals surface area contributed by atoms with Crippen LogP contribution in [0.5, 0.6) is 0 Å². The maximum Gasteiger partial charge on any atom is 0.326 e. The molecule has 0 fully saturated rings. The number of pyridine rings is 1. The summed E-state index contributed by atoms with van der Waals surface area (Å²) in [5, 5.41) is 12.2. The molecule has 2 N–H and O–H groups in total. The molecular formula is C25H23BrN2NaO3S. The molecule has 1 amide bonds. The Labute approximate surface area is 228 Å². The molecule has 0 saturated heterocycles. The number of amides is 1. The number of aromatic nitrogens is 1. The second-order valence-corrected chi connectivity index (χ2v) is 8.99. The van der Waals surface area contributed by atoms with Gasteiger partial charge in [-0.05, 0) is 74.8 Å². The van der Waals surface area contributed by atoms with Gasteiger partial charge in [0.1, 0.15) is 6.04 Å². The Morgan fingerprint density at radius 1 is 1.09 bits per heavy atom. The predicted octanol–water partition coefficient (Wildman–Crippen LogP) is 5.24. The van der Waals surface area contributed by atoms with Gasteiger partial charge in [0, 0.05) is 52.0 Å². The molecule has 8 heteroatoms. The molecule has 0 spiro atoms. The molecule has 5 nitrogen and oxygen atoms in total. The normalized spacial score (nSPS) is 11.6. The van der Waals surface area contributed by atoms with Crippen LogP contribution in [0.15, 0.2) is 71.5 Å². The number of nitrogens with zero attached hydrogens (tertiary/aromatic N) is 1. The summed E-state index contributed by atoms with van der Waals surface area (Å²) in [4.78, 5) is 28.8. The van der Waals surface area contributed by atoms with Crippen molar-refractivity contribution in [2.45, 2.75) is 12.5 Å². The number of aliphatic carboxylic acids is 1. The van der Waals surface area contributed by atoms with Gasteiger partial charge in [-0.2, -0.15) is 11.8 Å². The van der Waals surface area contributed by atoms with Crippen LogP contribution in [0.1, 0.15) is 27.9 Å². The van der Waals surface area contributed by atoms with E-state index < -0.39 is 17.9 Å². The SMILES string of the molecule is CSCC[C@H](NC(=O)c1ccc(C=Cc2cncc(Br)c2)cc1-c1ccccc1)C(=O)O.[Na].